The number of carbonyl (C=O) groups excluding carboxylic acids is 1. The van der Waals surface area contributed by atoms with Crippen LogP contribution in [0.2, 0.25) is 0 Å². The third-order valence-corrected chi connectivity index (χ3v) is 4.59. The van der Waals surface area contributed by atoms with Crippen molar-refractivity contribution in [2.24, 2.45) is 0 Å². The van der Waals surface area contributed by atoms with Crippen LogP contribution < -0.4 is 5.32 Å². The molecule has 26 heavy (non-hydrogen) atoms. The van der Waals surface area contributed by atoms with Crippen LogP contribution >= 0.6 is 11.3 Å². The number of rotatable bonds is 8. The summed E-state index contributed by atoms with van der Waals surface area (Å²) in [5.41, 5.74) is 0.976. The van der Waals surface area contributed by atoms with Gasteiger partial charge in [-0.15, -0.1) is 0 Å². The van der Waals surface area contributed by atoms with Crippen molar-refractivity contribution in [2.45, 2.75) is 32.6 Å². The third-order valence-electron chi connectivity index (χ3n) is 3.72. The number of amides is 1. The fourth-order valence-electron chi connectivity index (χ4n) is 2.39. The molecule has 134 valence electrons. The highest BCUT2D eigenvalue weighted by molar-refractivity contribution is 7.16. The average Bonchev–Trinajstić information content (AvgIpc) is 3.28. The second kappa shape index (κ2) is 9.10. The number of aryl methyl sites for hydroxylation is 1. The number of carbonyl (C=O) groups is 1. The Hall–Kier alpha value is -2.73. The number of aromatic nitrogens is 2. The van der Waals surface area contributed by atoms with Gasteiger partial charge in [0.2, 0.25) is 11.8 Å². The normalized spacial score (nSPS) is 11.1. The second-order valence-electron chi connectivity index (χ2n) is 5.88. The molecule has 0 aliphatic heterocycles. The maximum atomic E-state index is 12.1. The lowest BCUT2D eigenvalue weighted by Gasteiger charge is -2.01. The lowest BCUT2D eigenvalue weighted by molar-refractivity contribution is -0.115. The van der Waals surface area contributed by atoms with Crippen LogP contribution in [0.4, 0.5) is 5.13 Å². The summed E-state index contributed by atoms with van der Waals surface area (Å²) in [6.07, 6.45) is 10.7. The fraction of sp³-hybridized carbons (Fsp3) is 0.250. The largest absolute Gasteiger partial charge is 0.442 e. The molecule has 2 aromatic heterocycles. The molecule has 3 aromatic rings. The third kappa shape index (κ3) is 5.39. The van der Waals surface area contributed by atoms with E-state index in [4.69, 9.17) is 4.42 Å². The molecule has 5 nitrogen and oxygen atoms in total. The molecule has 0 aliphatic rings. The van der Waals surface area contributed by atoms with Crippen LogP contribution in [0, 0.1) is 0 Å². The van der Waals surface area contributed by atoms with Crippen LogP contribution in [0.5, 0.6) is 0 Å². The van der Waals surface area contributed by atoms with E-state index in [0.29, 0.717) is 17.4 Å². The van der Waals surface area contributed by atoms with E-state index in [0.717, 1.165) is 35.5 Å². The smallest absolute Gasteiger partial charge is 0.230 e. The molecule has 1 amide bonds. The Morgan fingerprint density at radius 2 is 2.04 bits per heavy atom. The van der Waals surface area contributed by atoms with E-state index in [2.05, 4.69) is 22.2 Å². The summed E-state index contributed by atoms with van der Waals surface area (Å²) in [6, 6.07) is 9.64. The summed E-state index contributed by atoms with van der Waals surface area (Å²) in [5.74, 6) is 1.41. The second-order valence-corrected chi connectivity index (χ2v) is 6.94. The van der Waals surface area contributed by atoms with Gasteiger partial charge in [0.25, 0.3) is 0 Å². The zero-order chi connectivity index (χ0) is 18.2. The van der Waals surface area contributed by atoms with Crippen molar-refractivity contribution in [2.75, 3.05) is 5.32 Å². The van der Waals surface area contributed by atoms with Crippen LogP contribution in [0.3, 0.4) is 0 Å². The summed E-state index contributed by atoms with van der Waals surface area (Å²) in [5, 5.41) is 3.42. The van der Waals surface area contributed by atoms with Gasteiger partial charge >= 0.3 is 0 Å². The Labute approximate surface area is 156 Å². The van der Waals surface area contributed by atoms with Crippen LogP contribution in [-0.2, 0) is 17.6 Å². The van der Waals surface area contributed by atoms with Crippen molar-refractivity contribution in [3.05, 3.63) is 64.8 Å². The molecule has 0 fully saturated rings. The van der Waals surface area contributed by atoms with E-state index < -0.39 is 0 Å². The topological polar surface area (TPSA) is 68.0 Å². The van der Waals surface area contributed by atoms with Crippen molar-refractivity contribution in [3.63, 3.8) is 0 Å². The molecule has 0 saturated carbocycles. The predicted octanol–water partition coefficient (Wildman–Crippen LogP) is 4.83. The van der Waals surface area contributed by atoms with E-state index >= 15 is 0 Å². The first kappa shape index (κ1) is 18.1. The minimum absolute atomic E-state index is 0.0747. The van der Waals surface area contributed by atoms with Crippen LogP contribution in [0.1, 0.15) is 41.9 Å². The van der Waals surface area contributed by atoms with Crippen molar-refractivity contribution >= 4 is 34.5 Å². The molecule has 0 unspecified atom stereocenters. The van der Waals surface area contributed by atoms with Gasteiger partial charge in [-0.05, 0) is 18.1 Å². The molecular weight excluding hydrogens is 346 g/mol. The first-order chi connectivity index (χ1) is 12.7. The fourth-order valence-corrected chi connectivity index (χ4v) is 3.12. The first-order valence-corrected chi connectivity index (χ1v) is 9.47. The van der Waals surface area contributed by atoms with E-state index in [1.54, 1.807) is 12.4 Å². The molecule has 0 radical (unpaired) electrons. The molecule has 0 aliphatic carbocycles. The van der Waals surface area contributed by atoms with Gasteiger partial charge in [0.05, 0.1) is 12.6 Å². The molecule has 1 N–H and O–H groups in total. The Balaban J connectivity index is 1.54. The molecule has 0 spiro atoms. The van der Waals surface area contributed by atoms with Crippen molar-refractivity contribution in [3.8, 4) is 0 Å². The Morgan fingerprint density at radius 1 is 1.19 bits per heavy atom. The monoisotopic (exact) mass is 367 g/mol. The molecule has 0 bridgehead atoms. The Morgan fingerprint density at radius 3 is 2.85 bits per heavy atom. The highest BCUT2D eigenvalue weighted by Gasteiger charge is 2.07. The van der Waals surface area contributed by atoms with Crippen LogP contribution in [0.25, 0.3) is 12.2 Å². The molecule has 1 aromatic carbocycles. The number of benzene rings is 1. The van der Waals surface area contributed by atoms with Gasteiger partial charge in [0.15, 0.2) is 5.13 Å². The number of oxazole rings is 1. The molecule has 2 heterocycles. The van der Waals surface area contributed by atoms with Gasteiger partial charge in [0, 0.05) is 23.6 Å². The summed E-state index contributed by atoms with van der Waals surface area (Å²) in [7, 11) is 0. The van der Waals surface area contributed by atoms with Crippen molar-refractivity contribution in [1.82, 2.24) is 9.97 Å². The zero-order valence-electron chi connectivity index (χ0n) is 14.6. The van der Waals surface area contributed by atoms with Crippen LogP contribution in [-0.4, -0.2) is 15.9 Å². The van der Waals surface area contributed by atoms with Crippen LogP contribution in [0.15, 0.2) is 47.1 Å². The predicted molar refractivity (Wildman–Crippen MR) is 105 cm³/mol. The SMILES string of the molecule is CCCCc1cnc(/C=C/c2cnc(NC(=O)Cc3ccccc3)s2)o1. The number of hydrogen-bond acceptors (Lipinski definition) is 5. The lowest BCUT2D eigenvalue weighted by Crippen LogP contribution is -2.13. The van der Waals surface area contributed by atoms with E-state index in [1.807, 2.05) is 42.5 Å². The number of hydrogen-bond donors (Lipinski definition) is 1. The highest BCUT2D eigenvalue weighted by Crippen LogP contribution is 2.21. The summed E-state index contributed by atoms with van der Waals surface area (Å²) < 4.78 is 5.66. The highest BCUT2D eigenvalue weighted by atomic mass is 32.1. The molecule has 3 rings (SSSR count). The summed E-state index contributed by atoms with van der Waals surface area (Å²) in [6.45, 7) is 2.15. The van der Waals surface area contributed by atoms with Gasteiger partial charge in [-0.25, -0.2) is 9.97 Å². The van der Waals surface area contributed by atoms with E-state index in [9.17, 15) is 4.79 Å². The number of nitrogens with one attached hydrogen (secondary N) is 1. The lowest BCUT2D eigenvalue weighted by atomic mass is 10.1. The van der Waals surface area contributed by atoms with E-state index in [1.165, 1.54) is 11.3 Å². The van der Waals surface area contributed by atoms with Gasteiger partial charge in [-0.1, -0.05) is 55.0 Å². The minimum Gasteiger partial charge on any atom is -0.442 e. The molecule has 6 heteroatoms. The summed E-state index contributed by atoms with van der Waals surface area (Å²) >= 11 is 1.41. The van der Waals surface area contributed by atoms with Gasteiger partial charge < -0.3 is 9.73 Å². The number of anilines is 1. The Kier molecular flexibility index (Phi) is 6.33. The minimum atomic E-state index is -0.0747. The van der Waals surface area contributed by atoms with Gasteiger partial charge in [0.1, 0.15) is 5.76 Å². The van der Waals surface area contributed by atoms with Crippen molar-refractivity contribution in [1.29, 1.82) is 0 Å². The molecule has 0 saturated heterocycles. The maximum absolute atomic E-state index is 12.1. The van der Waals surface area contributed by atoms with Gasteiger partial charge in [-0.2, -0.15) is 0 Å². The summed E-state index contributed by atoms with van der Waals surface area (Å²) in [4.78, 5) is 21.5. The Bertz CT molecular complexity index is 868. The molecular formula is C20H21N3O2S. The maximum Gasteiger partial charge on any atom is 0.230 e. The standard InChI is InChI=1S/C20H21N3O2S/c1-2-3-9-16-13-21-19(25-16)11-10-17-14-22-20(26-17)23-18(24)12-15-7-5-4-6-8-15/h4-8,10-11,13-14H,2-3,9,12H2,1H3,(H,22,23,24)/b11-10+. The average molecular weight is 367 g/mol. The number of nitrogens with zero attached hydrogens (tertiary/aromatic N) is 2. The van der Waals surface area contributed by atoms with Crippen molar-refractivity contribution < 1.29 is 9.21 Å². The van der Waals surface area contributed by atoms with E-state index in [-0.39, 0.29) is 5.91 Å². The van der Waals surface area contributed by atoms with Gasteiger partial charge in [-0.3, -0.25) is 4.79 Å². The zero-order valence-corrected chi connectivity index (χ0v) is 15.5. The molecule has 0 atom stereocenters. The number of thiazole rings is 1. The quantitative estimate of drug-likeness (QED) is 0.619. The number of unbranched alkanes of at least 4 members (excludes halogenated alkanes) is 1. The first-order valence-electron chi connectivity index (χ1n) is 8.65.